The van der Waals surface area contributed by atoms with Gasteiger partial charge in [0.1, 0.15) is 11.9 Å². The van der Waals surface area contributed by atoms with Crippen molar-refractivity contribution in [2.45, 2.75) is 38.3 Å². The Balaban J connectivity index is 1.16. The molecule has 30 heavy (non-hydrogen) atoms. The normalized spacial score (nSPS) is 22.2. The summed E-state index contributed by atoms with van der Waals surface area (Å²) in [7, 11) is 0. The number of ether oxygens (including phenoxy) is 1. The fourth-order valence-electron chi connectivity index (χ4n) is 4.58. The van der Waals surface area contributed by atoms with E-state index in [4.69, 9.17) is 4.74 Å². The third-order valence-electron chi connectivity index (χ3n) is 6.16. The highest BCUT2D eigenvalue weighted by Gasteiger charge is 2.23. The number of nitrogens with zero attached hydrogens (tertiary/aromatic N) is 2. The van der Waals surface area contributed by atoms with Gasteiger partial charge in [-0.15, -0.1) is 0 Å². The number of benzene rings is 2. The molecule has 1 fully saturated rings. The average molecular weight is 408 g/mol. The van der Waals surface area contributed by atoms with E-state index in [-0.39, 0.29) is 12.0 Å². The number of fused-ring (bicyclic) bond motifs is 1. The molecule has 0 spiro atoms. The van der Waals surface area contributed by atoms with Crippen molar-refractivity contribution < 1.29 is 9.53 Å². The Bertz CT molecular complexity index is 826. The van der Waals surface area contributed by atoms with E-state index >= 15 is 0 Å². The maximum atomic E-state index is 12.4. The summed E-state index contributed by atoms with van der Waals surface area (Å²) in [6, 6.07) is 19.0. The lowest BCUT2D eigenvalue weighted by molar-refractivity contribution is -0.121. The molecule has 2 heterocycles. The molecule has 1 N–H and O–H groups in total. The van der Waals surface area contributed by atoms with Crippen LogP contribution in [0.15, 0.2) is 54.6 Å². The Morgan fingerprint density at radius 3 is 2.70 bits per heavy atom. The molecule has 1 amide bonds. The van der Waals surface area contributed by atoms with Crippen LogP contribution in [0.25, 0.3) is 0 Å². The lowest BCUT2D eigenvalue weighted by Gasteiger charge is -2.21. The van der Waals surface area contributed by atoms with Gasteiger partial charge in [0.2, 0.25) is 5.91 Å². The first-order chi connectivity index (χ1) is 14.7. The zero-order chi connectivity index (χ0) is 20.8. The molecule has 160 valence electrons. The van der Waals surface area contributed by atoms with Crippen LogP contribution in [0.3, 0.4) is 0 Å². The van der Waals surface area contributed by atoms with Gasteiger partial charge in [-0.05, 0) is 37.4 Å². The van der Waals surface area contributed by atoms with Gasteiger partial charge in [0.05, 0.1) is 0 Å². The Kier molecular flexibility index (Phi) is 7.03. The van der Waals surface area contributed by atoms with E-state index in [2.05, 4.69) is 58.4 Å². The van der Waals surface area contributed by atoms with Gasteiger partial charge < -0.3 is 15.0 Å². The van der Waals surface area contributed by atoms with Crippen LogP contribution in [0.4, 0.5) is 0 Å². The van der Waals surface area contributed by atoms with Crippen LogP contribution in [0.1, 0.15) is 36.8 Å². The second-order valence-electron chi connectivity index (χ2n) is 8.57. The minimum Gasteiger partial charge on any atom is -0.489 e. The monoisotopic (exact) mass is 407 g/mol. The number of carbonyl (C=O) groups excluding carboxylic acids is 1. The SMILES string of the molecule is CC1CN(CCC(=O)NCCN2CCC(c3ccccc3)C2)Cc2ccccc2O1. The highest BCUT2D eigenvalue weighted by Crippen LogP contribution is 2.26. The number of hydrogen-bond donors (Lipinski definition) is 1. The summed E-state index contributed by atoms with van der Waals surface area (Å²) < 4.78 is 6.01. The molecule has 2 aromatic carbocycles. The van der Waals surface area contributed by atoms with Crippen LogP contribution >= 0.6 is 0 Å². The Morgan fingerprint density at radius 2 is 1.83 bits per heavy atom. The smallest absolute Gasteiger partial charge is 0.221 e. The second-order valence-corrected chi connectivity index (χ2v) is 8.57. The number of para-hydroxylation sites is 1. The van der Waals surface area contributed by atoms with Crippen LogP contribution in [-0.4, -0.2) is 61.1 Å². The summed E-state index contributed by atoms with van der Waals surface area (Å²) >= 11 is 0. The maximum Gasteiger partial charge on any atom is 0.221 e. The molecular weight excluding hydrogens is 374 g/mol. The predicted molar refractivity (Wildman–Crippen MR) is 120 cm³/mol. The molecule has 2 aromatic rings. The molecule has 0 saturated carbocycles. The van der Waals surface area contributed by atoms with E-state index < -0.39 is 0 Å². The molecule has 1 saturated heterocycles. The molecule has 5 nitrogen and oxygen atoms in total. The van der Waals surface area contributed by atoms with Gasteiger partial charge in [-0.1, -0.05) is 48.5 Å². The summed E-state index contributed by atoms with van der Waals surface area (Å²) in [6.07, 6.45) is 1.86. The highest BCUT2D eigenvalue weighted by atomic mass is 16.5. The van der Waals surface area contributed by atoms with Crippen molar-refractivity contribution in [3.63, 3.8) is 0 Å². The Labute approximate surface area is 180 Å². The summed E-state index contributed by atoms with van der Waals surface area (Å²) in [5.41, 5.74) is 2.63. The molecule has 2 unspecified atom stereocenters. The zero-order valence-electron chi connectivity index (χ0n) is 17.9. The lowest BCUT2D eigenvalue weighted by atomic mass is 9.99. The Morgan fingerprint density at radius 1 is 1.03 bits per heavy atom. The molecule has 0 aromatic heterocycles. The van der Waals surface area contributed by atoms with E-state index in [0.717, 1.165) is 51.6 Å². The van der Waals surface area contributed by atoms with Crippen molar-refractivity contribution in [2.75, 3.05) is 39.3 Å². The molecule has 0 radical (unpaired) electrons. The first kappa shape index (κ1) is 20.9. The molecule has 0 bridgehead atoms. The first-order valence-corrected chi connectivity index (χ1v) is 11.2. The van der Waals surface area contributed by atoms with Gasteiger partial charge in [-0.2, -0.15) is 0 Å². The molecule has 4 rings (SSSR count). The van der Waals surface area contributed by atoms with Crippen molar-refractivity contribution in [2.24, 2.45) is 0 Å². The van der Waals surface area contributed by atoms with Gasteiger partial charge in [0.15, 0.2) is 0 Å². The number of likely N-dealkylation sites (tertiary alicyclic amines) is 1. The molecule has 5 heteroatoms. The lowest BCUT2D eigenvalue weighted by Crippen LogP contribution is -2.37. The summed E-state index contributed by atoms with van der Waals surface area (Å²) in [5.74, 6) is 1.73. The van der Waals surface area contributed by atoms with Gasteiger partial charge >= 0.3 is 0 Å². The summed E-state index contributed by atoms with van der Waals surface area (Å²) in [4.78, 5) is 17.2. The fraction of sp³-hybridized carbons (Fsp3) is 0.480. The van der Waals surface area contributed by atoms with Crippen LogP contribution in [-0.2, 0) is 11.3 Å². The summed E-state index contributed by atoms with van der Waals surface area (Å²) in [6.45, 7) is 8.38. The quantitative estimate of drug-likeness (QED) is 0.765. The molecule has 0 aliphatic carbocycles. The zero-order valence-corrected chi connectivity index (χ0v) is 17.9. The number of rotatable bonds is 7. The fourth-order valence-corrected chi connectivity index (χ4v) is 4.58. The van der Waals surface area contributed by atoms with Gasteiger partial charge in [-0.3, -0.25) is 9.69 Å². The van der Waals surface area contributed by atoms with Crippen molar-refractivity contribution in [3.05, 3.63) is 65.7 Å². The van der Waals surface area contributed by atoms with Crippen LogP contribution < -0.4 is 10.1 Å². The minimum absolute atomic E-state index is 0.129. The van der Waals surface area contributed by atoms with Crippen LogP contribution in [0.5, 0.6) is 5.75 Å². The topological polar surface area (TPSA) is 44.8 Å². The van der Waals surface area contributed by atoms with Crippen LogP contribution in [0, 0.1) is 0 Å². The standard InChI is InChI=1S/C25H33N3O2/c1-20-17-28(19-23-9-5-6-10-24(23)30-20)15-12-25(29)26-13-16-27-14-11-22(18-27)21-7-3-2-4-8-21/h2-10,20,22H,11-19H2,1H3,(H,26,29). The van der Waals surface area contributed by atoms with Crippen LogP contribution in [0.2, 0.25) is 0 Å². The predicted octanol–water partition coefficient (Wildman–Crippen LogP) is 3.27. The van der Waals surface area contributed by atoms with E-state index in [9.17, 15) is 4.79 Å². The van der Waals surface area contributed by atoms with Crippen molar-refractivity contribution >= 4 is 5.91 Å². The third-order valence-corrected chi connectivity index (χ3v) is 6.16. The molecule has 2 aliphatic heterocycles. The van der Waals surface area contributed by atoms with Crippen molar-refractivity contribution in [1.82, 2.24) is 15.1 Å². The molecule has 2 aliphatic rings. The molecule has 2 atom stereocenters. The maximum absolute atomic E-state index is 12.4. The Hall–Kier alpha value is -2.37. The summed E-state index contributed by atoms with van der Waals surface area (Å²) in [5, 5.41) is 3.11. The second kappa shape index (κ2) is 10.1. The minimum atomic E-state index is 0.129. The largest absolute Gasteiger partial charge is 0.489 e. The van der Waals surface area contributed by atoms with E-state index in [1.807, 2.05) is 18.2 Å². The van der Waals surface area contributed by atoms with Crippen molar-refractivity contribution in [3.8, 4) is 5.75 Å². The number of hydrogen-bond acceptors (Lipinski definition) is 4. The number of amides is 1. The van der Waals surface area contributed by atoms with Gasteiger partial charge in [-0.25, -0.2) is 0 Å². The van der Waals surface area contributed by atoms with Gasteiger partial charge in [0, 0.05) is 51.3 Å². The van der Waals surface area contributed by atoms with E-state index in [1.54, 1.807) is 0 Å². The number of nitrogens with one attached hydrogen (secondary N) is 1. The van der Waals surface area contributed by atoms with Gasteiger partial charge in [0.25, 0.3) is 0 Å². The third kappa shape index (κ3) is 5.61. The van der Waals surface area contributed by atoms with E-state index in [1.165, 1.54) is 17.5 Å². The highest BCUT2D eigenvalue weighted by molar-refractivity contribution is 5.76. The van der Waals surface area contributed by atoms with E-state index in [0.29, 0.717) is 12.3 Å². The first-order valence-electron chi connectivity index (χ1n) is 11.2. The number of carbonyl (C=O) groups is 1. The van der Waals surface area contributed by atoms with Crippen molar-refractivity contribution in [1.29, 1.82) is 0 Å². The average Bonchev–Trinajstić information content (AvgIpc) is 3.16. The molecular formula is C25H33N3O2.